The second kappa shape index (κ2) is 9.53. The molecule has 0 aliphatic rings. The molecule has 2 aromatic rings. The standard InChI is InChI=1S/C19H17BrN2O4/c1-21-19(25)14-5-3-7-16(11-14)22-17(23)12-26-18(24)9-8-13-4-2-6-15(20)10-13/h2-11H,12H2,1H3,(H,21,25)(H,22,23)/b9-8+. The van der Waals surface area contributed by atoms with Crippen LogP contribution >= 0.6 is 15.9 Å². The first-order valence-electron chi connectivity index (χ1n) is 7.70. The van der Waals surface area contributed by atoms with Gasteiger partial charge in [0.2, 0.25) is 0 Å². The van der Waals surface area contributed by atoms with E-state index in [0.717, 1.165) is 10.0 Å². The molecule has 0 atom stereocenters. The Balaban J connectivity index is 1.85. The molecular formula is C19H17BrN2O4. The minimum Gasteiger partial charge on any atom is -0.452 e. The second-order valence-electron chi connectivity index (χ2n) is 5.20. The number of carbonyl (C=O) groups is 3. The summed E-state index contributed by atoms with van der Waals surface area (Å²) in [6.45, 7) is -0.425. The average molecular weight is 417 g/mol. The van der Waals surface area contributed by atoms with Crippen LogP contribution in [0.3, 0.4) is 0 Å². The molecule has 0 spiro atoms. The quantitative estimate of drug-likeness (QED) is 0.559. The number of benzene rings is 2. The Kier molecular flexibility index (Phi) is 7.11. The lowest BCUT2D eigenvalue weighted by atomic mass is 10.2. The lowest BCUT2D eigenvalue weighted by molar-refractivity contribution is -0.142. The zero-order valence-electron chi connectivity index (χ0n) is 14.0. The van der Waals surface area contributed by atoms with E-state index < -0.39 is 18.5 Å². The lowest BCUT2D eigenvalue weighted by Gasteiger charge is -2.07. The molecule has 0 unspecified atom stereocenters. The van der Waals surface area contributed by atoms with Gasteiger partial charge in [-0.1, -0.05) is 34.1 Å². The average Bonchev–Trinajstić information content (AvgIpc) is 2.64. The fourth-order valence-corrected chi connectivity index (χ4v) is 2.46. The van der Waals surface area contributed by atoms with Crippen LogP contribution in [0, 0.1) is 0 Å². The van der Waals surface area contributed by atoms with E-state index in [9.17, 15) is 14.4 Å². The maximum Gasteiger partial charge on any atom is 0.331 e. The van der Waals surface area contributed by atoms with E-state index in [1.54, 1.807) is 24.3 Å². The van der Waals surface area contributed by atoms with Crippen LogP contribution in [0.5, 0.6) is 0 Å². The zero-order chi connectivity index (χ0) is 18.9. The molecule has 0 bridgehead atoms. The first-order chi connectivity index (χ1) is 12.5. The van der Waals surface area contributed by atoms with Gasteiger partial charge in [0.05, 0.1) is 0 Å². The van der Waals surface area contributed by atoms with Crippen molar-refractivity contribution in [3.8, 4) is 0 Å². The van der Waals surface area contributed by atoms with Crippen molar-refractivity contribution in [2.45, 2.75) is 0 Å². The topological polar surface area (TPSA) is 84.5 Å². The van der Waals surface area contributed by atoms with E-state index in [4.69, 9.17) is 4.74 Å². The highest BCUT2D eigenvalue weighted by molar-refractivity contribution is 9.10. The summed E-state index contributed by atoms with van der Waals surface area (Å²) in [7, 11) is 1.52. The third-order valence-electron chi connectivity index (χ3n) is 3.24. The van der Waals surface area contributed by atoms with Gasteiger partial charge in [0.25, 0.3) is 11.8 Å². The van der Waals surface area contributed by atoms with Gasteiger partial charge in [-0.2, -0.15) is 0 Å². The van der Waals surface area contributed by atoms with Gasteiger partial charge in [-0.3, -0.25) is 9.59 Å². The normalized spacial score (nSPS) is 10.4. The first-order valence-corrected chi connectivity index (χ1v) is 8.49. The van der Waals surface area contributed by atoms with Crippen LogP contribution in [0.2, 0.25) is 0 Å². The molecule has 2 N–H and O–H groups in total. The highest BCUT2D eigenvalue weighted by atomic mass is 79.9. The summed E-state index contributed by atoms with van der Waals surface area (Å²) >= 11 is 3.34. The van der Waals surface area contributed by atoms with Gasteiger partial charge in [0.15, 0.2) is 6.61 Å². The van der Waals surface area contributed by atoms with E-state index in [0.29, 0.717) is 11.3 Å². The smallest absolute Gasteiger partial charge is 0.331 e. The minimum absolute atomic E-state index is 0.259. The number of hydrogen-bond donors (Lipinski definition) is 2. The predicted octanol–water partition coefficient (Wildman–Crippen LogP) is 3.00. The van der Waals surface area contributed by atoms with Crippen molar-refractivity contribution in [3.63, 3.8) is 0 Å². The monoisotopic (exact) mass is 416 g/mol. The van der Waals surface area contributed by atoms with Gasteiger partial charge < -0.3 is 15.4 Å². The van der Waals surface area contributed by atoms with Gasteiger partial charge in [-0.05, 0) is 42.0 Å². The number of nitrogens with one attached hydrogen (secondary N) is 2. The van der Waals surface area contributed by atoms with Crippen LogP contribution in [-0.4, -0.2) is 31.4 Å². The predicted molar refractivity (Wildman–Crippen MR) is 103 cm³/mol. The number of ether oxygens (including phenoxy) is 1. The summed E-state index contributed by atoms with van der Waals surface area (Å²) in [6.07, 6.45) is 2.85. The van der Waals surface area contributed by atoms with Gasteiger partial charge >= 0.3 is 5.97 Å². The molecule has 0 aliphatic heterocycles. The summed E-state index contributed by atoms with van der Waals surface area (Å²) in [5.41, 5.74) is 1.68. The van der Waals surface area contributed by atoms with Gasteiger partial charge in [0, 0.05) is 28.8 Å². The van der Waals surface area contributed by atoms with Crippen molar-refractivity contribution < 1.29 is 19.1 Å². The van der Waals surface area contributed by atoms with Crippen molar-refractivity contribution >= 4 is 45.5 Å². The maximum absolute atomic E-state index is 11.9. The summed E-state index contributed by atoms with van der Waals surface area (Å²) < 4.78 is 5.79. The van der Waals surface area contributed by atoms with Crippen molar-refractivity contribution in [2.24, 2.45) is 0 Å². The summed E-state index contributed by atoms with van der Waals surface area (Å²) in [5.74, 6) is -1.38. The molecule has 134 valence electrons. The number of amides is 2. The van der Waals surface area contributed by atoms with Crippen molar-refractivity contribution in [2.75, 3.05) is 19.0 Å². The van der Waals surface area contributed by atoms with Gasteiger partial charge in [-0.25, -0.2) is 4.79 Å². The summed E-state index contributed by atoms with van der Waals surface area (Å²) in [4.78, 5) is 35.1. The third kappa shape index (κ3) is 6.18. The summed E-state index contributed by atoms with van der Waals surface area (Å²) in [6, 6.07) is 13.8. The lowest BCUT2D eigenvalue weighted by Crippen LogP contribution is -2.21. The Morgan fingerprint density at radius 1 is 1.12 bits per heavy atom. The molecule has 0 aromatic heterocycles. The number of anilines is 1. The number of carbonyl (C=O) groups excluding carboxylic acids is 3. The zero-order valence-corrected chi connectivity index (χ0v) is 15.6. The molecule has 0 aliphatic carbocycles. The number of rotatable bonds is 6. The van der Waals surface area contributed by atoms with E-state index in [2.05, 4.69) is 26.6 Å². The largest absolute Gasteiger partial charge is 0.452 e. The molecule has 7 heteroatoms. The van der Waals surface area contributed by atoms with E-state index >= 15 is 0 Å². The van der Waals surface area contributed by atoms with Crippen LogP contribution in [-0.2, 0) is 14.3 Å². The molecular weight excluding hydrogens is 400 g/mol. The molecule has 0 saturated heterocycles. The second-order valence-corrected chi connectivity index (χ2v) is 6.12. The van der Waals surface area contributed by atoms with Crippen LogP contribution in [0.25, 0.3) is 6.08 Å². The Bertz CT molecular complexity index is 849. The minimum atomic E-state index is -0.626. The molecule has 0 saturated carbocycles. The van der Waals surface area contributed by atoms with Crippen molar-refractivity contribution in [1.82, 2.24) is 5.32 Å². The molecule has 0 radical (unpaired) electrons. The first kappa shape index (κ1) is 19.4. The van der Waals surface area contributed by atoms with Crippen LogP contribution in [0.15, 0.2) is 59.1 Å². The molecule has 2 aromatic carbocycles. The molecule has 0 fully saturated rings. The third-order valence-corrected chi connectivity index (χ3v) is 3.73. The van der Waals surface area contributed by atoms with E-state index in [-0.39, 0.29) is 5.91 Å². The fraction of sp³-hybridized carbons (Fsp3) is 0.105. The highest BCUT2D eigenvalue weighted by Crippen LogP contribution is 2.13. The van der Waals surface area contributed by atoms with E-state index in [1.165, 1.54) is 19.2 Å². The highest BCUT2D eigenvalue weighted by Gasteiger charge is 2.08. The Morgan fingerprint density at radius 3 is 2.62 bits per heavy atom. The van der Waals surface area contributed by atoms with E-state index in [1.807, 2.05) is 24.3 Å². The van der Waals surface area contributed by atoms with Gasteiger partial charge in [0.1, 0.15) is 0 Å². The molecule has 0 heterocycles. The number of esters is 1. The van der Waals surface area contributed by atoms with Crippen molar-refractivity contribution in [3.05, 3.63) is 70.2 Å². The molecule has 26 heavy (non-hydrogen) atoms. The van der Waals surface area contributed by atoms with Crippen LogP contribution in [0.1, 0.15) is 15.9 Å². The SMILES string of the molecule is CNC(=O)c1cccc(NC(=O)COC(=O)/C=C/c2cccc(Br)c2)c1. The fourth-order valence-electron chi connectivity index (χ4n) is 2.04. The Labute approximate surface area is 159 Å². The Morgan fingerprint density at radius 2 is 1.88 bits per heavy atom. The van der Waals surface area contributed by atoms with Crippen LogP contribution < -0.4 is 10.6 Å². The molecule has 2 rings (SSSR count). The molecule has 2 amide bonds. The number of hydrogen-bond acceptors (Lipinski definition) is 4. The summed E-state index contributed by atoms with van der Waals surface area (Å²) in [5, 5.41) is 5.07. The van der Waals surface area contributed by atoms with Crippen molar-refractivity contribution in [1.29, 1.82) is 0 Å². The molecule has 6 nitrogen and oxygen atoms in total. The van der Waals surface area contributed by atoms with Gasteiger partial charge in [-0.15, -0.1) is 0 Å². The Hall–Kier alpha value is -2.93. The number of halogens is 1. The van der Waals surface area contributed by atoms with Crippen LogP contribution in [0.4, 0.5) is 5.69 Å². The maximum atomic E-state index is 11.9.